The number of amides is 1. The van der Waals surface area contributed by atoms with Gasteiger partial charge in [-0.3, -0.25) is 4.79 Å². The van der Waals surface area contributed by atoms with Crippen LogP contribution >= 0.6 is 0 Å². The van der Waals surface area contributed by atoms with Gasteiger partial charge in [-0.05, 0) is 60.9 Å². The fourth-order valence-electron chi connectivity index (χ4n) is 3.72. The van der Waals surface area contributed by atoms with Gasteiger partial charge >= 0.3 is 0 Å². The van der Waals surface area contributed by atoms with Gasteiger partial charge in [0.25, 0.3) is 0 Å². The number of aryl methyl sites for hydroxylation is 2. The Kier molecular flexibility index (Phi) is 7.20. The van der Waals surface area contributed by atoms with Gasteiger partial charge in [-0.1, -0.05) is 48.5 Å². The molecule has 1 aromatic heterocycles. The van der Waals surface area contributed by atoms with Crippen molar-refractivity contribution in [2.75, 3.05) is 13.2 Å². The average molecular weight is 440 g/mol. The highest BCUT2D eigenvalue weighted by Crippen LogP contribution is 2.19. The minimum atomic E-state index is -0.111. The van der Waals surface area contributed by atoms with Crippen LogP contribution in [0.4, 0.5) is 0 Å². The van der Waals surface area contributed by atoms with Gasteiger partial charge in [-0.2, -0.15) is 0 Å². The number of hydrogen-bond acceptors (Lipinski definition) is 3. The maximum atomic E-state index is 12.2. The zero-order valence-corrected chi connectivity index (χ0v) is 19.1. The summed E-state index contributed by atoms with van der Waals surface area (Å²) < 4.78 is 8.19. The number of carbonyl (C=O) groups is 1. The van der Waals surface area contributed by atoms with E-state index >= 15 is 0 Å². The molecule has 0 aliphatic heterocycles. The van der Waals surface area contributed by atoms with Gasteiger partial charge < -0.3 is 14.6 Å². The zero-order valence-electron chi connectivity index (χ0n) is 19.1. The van der Waals surface area contributed by atoms with E-state index in [9.17, 15) is 4.79 Å². The molecule has 5 heteroatoms. The molecule has 1 amide bonds. The molecule has 0 unspecified atom stereocenters. The smallest absolute Gasteiger partial charge is 0.244 e. The third kappa shape index (κ3) is 5.89. The summed E-state index contributed by atoms with van der Waals surface area (Å²) in [7, 11) is 0. The van der Waals surface area contributed by atoms with E-state index in [4.69, 9.17) is 9.72 Å². The maximum absolute atomic E-state index is 12.2. The van der Waals surface area contributed by atoms with Crippen molar-refractivity contribution in [3.8, 4) is 5.75 Å². The maximum Gasteiger partial charge on any atom is 0.244 e. The van der Waals surface area contributed by atoms with E-state index in [0.717, 1.165) is 28.2 Å². The number of fused-ring (bicyclic) bond motifs is 1. The predicted octanol–water partition coefficient (Wildman–Crippen LogP) is 5.10. The van der Waals surface area contributed by atoms with E-state index < -0.39 is 0 Å². The van der Waals surface area contributed by atoms with E-state index in [1.807, 2.05) is 60.7 Å². The van der Waals surface area contributed by atoms with Gasteiger partial charge in [-0.25, -0.2) is 4.98 Å². The molecule has 0 saturated carbocycles. The number of hydrogen-bond donors (Lipinski definition) is 1. The molecule has 33 heavy (non-hydrogen) atoms. The third-order valence-electron chi connectivity index (χ3n) is 5.67. The molecule has 0 aliphatic rings. The molecule has 0 saturated heterocycles. The molecule has 0 aliphatic carbocycles. The van der Waals surface area contributed by atoms with Crippen molar-refractivity contribution in [2.24, 2.45) is 0 Å². The van der Waals surface area contributed by atoms with Crippen LogP contribution in [0.2, 0.25) is 0 Å². The number of nitrogens with one attached hydrogen (secondary N) is 1. The summed E-state index contributed by atoms with van der Waals surface area (Å²) in [5.41, 5.74) is 5.50. The average Bonchev–Trinajstić information content (AvgIpc) is 3.18. The number of ether oxygens (including phenoxy) is 1. The summed E-state index contributed by atoms with van der Waals surface area (Å²) >= 11 is 0. The van der Waals surface area contributed by atoms with Crippen molar-refractivity contribution in [1.82, 2.24) is 14.9 Å². The number of carbonyl (C=O) groups excluding carboxylic acids is 1. The lowest BCUT2D eigenvalue weighted by Crippen LogP contribution is -2.25. The van der Waals surface area contributed by atoms with E-state index in [1.165, 1.54) is 11.1 Å². The summed E-state index contributed by atoms with van der Waals surface area (Å²) in [5.74, 6) is 1.70. The van der Waals surface area contributed by atoms with Crippen LogP contribution in [0.3, 0.4) is 0 Å². The Labute approximate surface area is 194 Å². The van der Waals surface area contributed by atoms with Crippen LogP contribution in [0, 0.1) is 13.8 Å². The molecule has 4 aromatic rings. The first kappa shape index (κ1) is 22.3. The number of benzene rings is 3. The normalized spacial score (nSPS) is 11.2. The Bertz CT molecular complexity index is 1260. The molecule has 0 bridgehead atoms. The molecular weight excluding hydrogens is 410 g/mol. The van der Waals surface area contributed by atoms with Crippen molar-refractivity contribution in [2.45, 2.75) is 26.8 Å². The number of imidazole rings is 1. The Morgan fingerprint density at radius 2 is 1.79 bits per heavy atom. The number of aromatic nitrogens is 2. The highest BCUT2D eigenvalue weighted by molar-refractivity contribution is 5.91. The first-order valence-electron chi connectivity index (χ1n) is 11.3. The van der Waals surface area contributed by atoms with Crippen molar-refractivity contribution < 1.29 is 9.53 Å². The molecule has 0 radical (unpaired) electrons. The molecule has 5 nitrogen and oxygen atoms in total. The lowest BCUT2D eigenvalue weighted by molar-refractivity contribution is -0.116. The predicted molar refractivity (Wildman–Crippen MR) is 133 cm³/mol. The van der Waals surface area contributed by atoms with Gasteiger partial charge in [-0.15, -0.1) is 0 Å². The summed E-state index contributed by atoms with van der Waals surface area (Å²) in [6.45, 7) is 5.93. The van der Waals surface area contributed by atoms with Crippen LogP contribution in [0.25, 0.3) is 17.1 Å². The number of para-hydroxylation sites is 2. The van der Waals surface area contributed by atoms with E-state index in [2.05, 4.69) is 41.9 Å². The van der Waals surface area contributed by atoms with Crippen LogP contribution in [-0.2, 0) is 17.8 Å². The quantitative estimate of drug-likeness (QED) is 0.369. The molecule has 1 heterocycles. The van der Waals surface area contributed by atoms with E-state index in [-0.39, 0.29) is 5.91 Å². The molecule has 168 valence electrons. The summed E-state index contributed by atoms with van der Waals surface area (Å²) in [6, 6.07) is 24.0. The lowest BCUT2D eigenvalue weighted by Gasteiger charge is -2.12. The first-order valence-corrected chi connectivity index (χ1v) is 11.3. The van der Waals surface area contributed by atoms with Gasteiger partial charge in [0.05, 0.1) is 17.6 Å². The Morgan fingerprint density at radius 1 is 1.00 bits per heavy atom. The SMILES string of the molecule is Cc1ccc(OCCn2c(CCNC(=O)/C=C/c3ccccc3)nc3ccccc32)cc1C. The Hall–Kier alpha value is -3.86. The molecule has 0 fully saturated rings. The molecule has 4 rings (SSSR count). The first-order chi connectivity index (χ1) is 16.1. The van der Waals surface area contributed by atoms with Crippen molar-refractivity contribution in [3.63, 3.8) is 0 Å². The molecule has 3 aromatic carbocycles. The van der Waals surface area contributed by atoms with Gasteiger partial charge in [0, 0.05) is 19.0 Å². The van der Waals surface area contributed by atoms with Gasteiger partial charge in [0.2, 0.25) is 5.91 Å². The van der Waals surface area contributed by atoms with Crippen molar-refractivity contribution in [3.05, 3.63) is 101 Å². The highest BCUT2D eigenvalue weighted by atomic mass is 16.5. The minimum absolute atomic E-state index is 0.111. The van der Waals surface area contributed by atoms with Crippen LogP contribution < -0.4 is 10.1 Å². The monoisotopic (exact) mass is 439 g/mol. The van der Waals surface area contributed by atoms with Crippen LogP contribution in [0.1, 0.15) is 22.5 Å². The summed E-state index contributed by atoms with van der Waals surface area (Å²) in [5, 5.41) is 2.96. The fourth-order valence-corrected chi connectivity index (χ4v) is 3.72. The second-order valence-corrected chi connectivity index (χ2v) is 8.05. The molecular formula is C28H29N3O2. The lowest BCUT2D eigenvalue weighted by atomic mass is 10.1. The number of nitrogens with zero attached hydrogens (tertiary/aromatic N) is 2. The largest absolute Gasteiger partial charge is 0.492 e. The van der Waals surface area contributed by atoms with Crippen LogP contribution in [0.15, 0.2) is 78.9 Å². The second-order valence-electron chi connectivity index (χ2n) is 8.05. The Balaban J connectivity index is 1.37. The van der Waals surface area contributed by atoms with E-state index in [1.54, 1.807) is 6.08 Å². The van der Waals surface area contributed by atoms with Gasteiger partial charge in [0.1, 0.15) is 18.2 Å². The fraction of sp³-hybridized carbons (Fsp3) is 0.214. The van der Waals surface area contributed by atoms with Crippen LogP contribution in [0.5, 0.6) is 5.75 Å². The standard InChI is InChI=1S/C28H29N3O2/c1-21-12-14-24(20-22(21)2)33-19-18-31-26-11-7-6-10-25(26)30-27(31)16-17-29-28(32)15-13-23-8-4-3-5-9-23/h3-15,20H,16-19H2,1-2H3,(H,29,32)/b15-13+. The molecule has 0 spiro atoms. The topological polar surface area (TPSA) is 56.1 Å². The summed E-state index contributed by atoms with van der Waals surface area (Å²) in [6.07, 6.45) is 4.02. The minimum Gasteiger partial charge on any atom is -0.492 e. The molecule has 0 atom stereocenters. The highest BCUT2D eigenvalue weighted by Gasteiger charge is 2.11. The van der Waals surface area contributed by atoms with Gasteiger partial charge in [0.15, 0.2) is 0 Å². The van der Waals surface area contributed by atoms with Crippen LogP contribution in [-0.4, -0.2) is 28.6 Å². The third-order valence-corrected chi connectivity index (χ3v) is 5.67. The number of rotatable bonds is 9. The zero-order chi connectivity index (χ0) is 23.0. The molecule has 1 N–H and O–H groups in total. The van der Waals surface area contributed by atoms with Crippen molar-refractivity contribution in [1.29, 1.82) is 0 Å². The van der Waals surface area contributed by atoms with Crippen molar-refractivity contribution >= 4 is 23.0 Å². The summed E-state index contributed by atoms with van der Waals surface area (Å²) in [4.78, 5) is 17.0. The van der Waals surface area contributed by atoms with E-state index in [0.29, 0.717) is 26.1 Å². The second kappa shape index (κ2) is 10.6. The Morgan fingerprint density at radius 3 is 2.61 bits per heavy atom.